The van der Waals surface area contributed by atoms with Crippen LogP contribution in [0.15, 0.2) is 53.1 Å². The van der Waals surface area contributed by atoms with Crippen LogP contribution in [0.4, 0.5) is 11.5 Å². The van der Waals surface area contributed by atoms with Gasteiger partial charge in [0.1, 0.15) is 5.76 Å². The number of hydrogen-bond donors (Lipinski definition) is 1. The topological polar surface area (TPSA) is 119 Å². The number of amides is 3. The SMILES string of the molecule is Cc1cc(NC(=O)COC(=O)c2ccc3c(c2)C(=O)N(c2ccccc2Cl)C3=O)no1. The highest BCUT2D eigenvalue weighted by molar-refractivity contribution is 6.39. The van der Waals surface area contributed by atoms with Crippen molar-refractivity contribution in [1.29, 1.82) is 0 Å². The van der Waals surface area contributed by atoms with E-state index in [-0.39, 0.29) is 33.2 Å². The summed E-state index contributed by atoms with van der Waals surface area (Å²) in [5.41, 5.74) is 0.452. The predicted octanol–water partition coefficient (Wildman–Crippen LogP) is 3.23. The summed E-state index contributed by atoms with van der Waals surface area (Å²) in [5.74, 6) is -1.89. The van der Waals surface area contributed by atoms with Crippen molar-refractivity contribution in [2.45, 2.75) is 6.92 Å². The molecule has 1 aromatic heterocycles. The molecule has 156 valence electrons. The van der Waals surface area contributed by atoms with Gasteiger partial charge in [-0.2, -0.15) is 0 Å². The molecule has 0 spiro atoms. The first-order chi connectivity index (χ1) is 14.8. The molecule has 1 N–H and O–H groups in total. The van der Waals surface area contributed by atoms with Crippen LogP contribution in [0.25, 0.3) is 0 Å². The number of para-hydroxylation sites is 1. The average Bonchev–Trinajstić information content (AvgIpc) is 3.27. The minimum atomic E-state index is -0.828. The predicted molar refractivity (Wildman–Crippen MR) is 109 cm³/mol. The molecule has 0 saturated heterocycles. The van der Waals surface area contributed by atoms with Crippen molar-refractivity contribution in [2.75, 3.05) is 16.8 Å². The van der Waals surface area contributed by atoms with Crippen LogP contribution in [0.5, 0.6) is 0 Å². The number of carbonyl (C=O) groups is 4. The van der Waals surface area contributed by atoms with Crippen LogP contribution in [0.2, 0.25) is 5.02 Å². The Morgan fingerprint density at radius 1 is 1.10 bits per heavy atom. The van der Waals surface area contributed by atoms with Crippen molar-refractivity contribution in [3.8, 4) is 0 Å². The lowest BCUT2D eigenvalue weighted by atomic mass is 10.1. The van der Waals surface area contributed by atoms with Gasteiger partial charge in [-0.1, -0.05) is 28.9 Å². The highest BCUT2D eigenvalue weighted by Crippen LogP contribution is 2.33. The lowest BCUT2D eigenvalue weighted by Crippen LogP contribution is -2.29. The number of nitrogens with zero attached hydrogens (tertiary/aromatic N) is 2. The molecule has 0 unspecified atom stereocenters. The summed E-state index contributed by atoms with van der Waals surface area (Å²) < 4.78 is 9.81. The normalized spacial score (nSPS) is 12.6. The zero-order chi connectivity index (χ0) is 22.1. The maximum Gasteiger partial charge on any atom is 0.338 e. The van der Waals surface area contributed by atoms with Crippen LogP contribution in [0.1, 0.15) is 36.8 Å². The standard InChI is InChI=1S/C21H14ClN3O6/c1-11-8-17(24-31-11)23-18(26)10-30-21(29)12-6-7-13-14(9-12)20(28)25(19(13)27)16-5-3-2-4-15(16)22/h2-9H,10H2,1H3,(H,23,24,26). The zero-order valence-electron chi connectivity index (χ0n) is 16.0. The highest BCUT2D eigenvalue weighted by Gasteiger charge is 2.38. The van der Waals surface area contributed by atoms with Crippen LogP contribution < -0.4 is 10.2 Å². The Balaban J connectivity index is 1.47. The van der Waals surface area contributed by atoms with E-state index in [0.29, 0.717) is 5.76 Å². The van der Waals surface area contributed by atoms with E-state index < -0.39 is 30.3 Å². The van der Waals surface area contributed by atoms with Crippen molar-refractivity contribution in [2.24, 2.45) is 0 Å². The van der Waals surface area contributed by atoms with E-state index in [1.54, 1.807) is 31.2 Å². The lowest BCUT2D eigenvalue weighted by Gasteiger charge is -2.15. The van der Waals surface area contributed by atoms with Gasteiger partial charge < -0.3 is 14.6 Å². The minimum absolute atomic E-state index is 0.0194. The number of imide groups is 1. The smallest absolute Gasteiger partial charge is 0.338 e. The van der Waals surface area contributed by atoms with Crippen LogP contribution in [-0.2, 0) is 9.53 Å². The summed E-state index contributed by atoms with van der Waals surface area (Å²) >= 11 is 6.12. The number of fused-ring (bicyclic) bond motifs is 1. The molecule has 0 radical (unpaired) electrons. The quantitative estimate of drug-likeness (QED) is 0.478. The second-order valence-corrected chi connectivity index (χ2v) is 7.01. The number of anilines is 2. The van der Waals surface area contributed by atoms with Gasteiger partial charge in [-0.05, 0) is 37.3 Å². The number of benzene rings is 2. The summed E-state index contributed by atoms with van der Waals surface area (Å²) in [4.78, 5) is 50.7. The van der Waals surface area contributed by atoms with Gasteiger partial charge in [0, 0.05) is 6.07 Å². The van der Waals surface area contributed by atoms with Crippen molar-refractivity contribution in [3.05, 3.63) is 76.0 Å². The van der Waals surface area contributed by atoms with Gasteiger partial charge in [0.05, 0.1) is 27.4 Å². The molecule has 4 rings (SSSR count). The largest absolute Gasteiger partial charge is 0.452 e. The molecule has 1 aliphatic heterocycles. The summed E-state index contributed by atoms with van der Waals surface area (Å²) in [7, 11) is 0. The van der Waals surface area contributed by atoms with Gasteiger partial charge in [-0.3, -0.25) is 14.4 Å². The third kappa shape index (κ3) is 3.90. The Morgan fingerprint density at radius 3 is 2.55 bits per heavy atom. The maximum absolute atomic E-state index is 12.8. The number of ether oxygens (including phenoxy) is 1. The molecular weight excluding hydrogens is 426 g/mol. The molecule has 9 nitrogen and oxygen atoms in total. The van der Waals surface area contributed by atoms with Gasteiger partial charge in [0.25, 0.3) is 17.7 Å². The minimum Gasteiger partial charge on any atom is -0.452 e. The molecule has 0 aliphatic carbocycles. The van der Waals surface area contributed by atoms with E-state index in [4.69, 9.17) is 20.9 Å². The molecule has 2 aromatic carbocycles. The number of nitrogens with one attached hydrogen (secondary N) is 1. The number of rotatable bonds is 5. The van der Waals surface area contributed by atoms with E-state index in [9.17, 15) is 19.2 Å². The van der Waals surface area contributed by atoms with Crippen molar-refractivity contribution in [1.82, 2.24) is 5.16 Å². The number of halogens is 1. The molecule has 0 saturated carbocycles. The van der Waals surface area contributed by atoms with Crippen molar-refractivity contribution >= 4 is 46.8 Å². The van der Waals surface area contributed by atoms with E-state index in [1.807, 2.05) is 0 Å². The molecule has 10 heteroatoms. The van der Waals surface area contributed by atoms with Crippen molar-refractivity contribution in [3.63, 3.8) is 0 Å². The molecule has 31 heavy (non-hydrogen) atoms. The fourth-order valence-corrected chi connectivity index (χ4v) is 3.26. The Bertz CT molecular complexity index is 1240. The molecule has 3 aromatic rings. The molecular formula is C21H14ClN3O6. The third-order valence-corrected chi connectivity index (χ3v) is 4.77. The fourth-order valence-electron chi connectivity index (χ4n) is 3.04. The van der Waals surface area contributed by atoms with Gasteiger partial charge >= 0.3 is 5.97 Å². The summed E-state index contributed by atoms with van der Waals surface area (Å²) in [6, 6.07) is 11.9. The van der Waals surface area contributed by atoms with E-state index in [2.05, 4.69) is 10.5 Å². The summed E-state index contributed by atoms with van der Waals surface area (Å²) in [6.07, 6.45) is 0. The monoisotopic (exact) mass is 439 g/mol. The number of carbonyl (C=O) groups excluding carboxylic acids is 4. The molecule has 3 amide bonds. The van der Waals surface area contributed by atoms with Gasteiger partial charge in [-0.15, -0.1) is 0 Å². The van der Waals surface area contributed by atoms with Crippen LogP contribution in [0, 0.1) is 6.92 Å². The first-order valence-electron chi connectivity index (χ1n) is 9.03. The molecule has 1 aliphatic rings. The first-order valence-corrected chi connectivity index (χ1v) is 9.40. The number of aryl methyl sites for hydroxylation is 1. The van der Waals surface area contributed by atoms with E-state index in [1.165, 1.54) is 24.3 Å². The first kappa shape index (κ1) is 20.3. The van der Waals surface area contributed by atoms with E-state index in [0.717, 1.165) is 4.90 Å². The highest BCUT2D eigenvalue weighted by atomic mass is 35.5. The fraction of sp³-hybridized carbons (Fsp3) is 0.0952. The average molecular weight is 440 g/mol. The molecule has 0 fully saturated rings. The second kappa shape index (κ2) is 8.04. The van der Waals surface area contributed by atoms with Crippen LogP contribution in [-0.4, -0.2) is 35.5 Å². The molecule has 2 heterocycles. The number of aromatic nitrogens is 1. The Hall–Kier alpha value is -3.98. The molecule has 0 atom stereocenters. The Labute approximate surface area is 180 Å². The Kier molecular flexibility index (Phi) is 5.26. The van der Waals surface area contributed by atoms with Crippen molar-refractivity contribution < 1.29 is 28.4 Å². The van der Waals surface area contributed by atoms with Crippen LogP contribution >= 0.6 is 11.6 Å². The number of hydrogen-bond acceptors (Lipinski definition) is 7. The third-order valence-electron chi connectivity index (χ3n) is 4.45. The van der Waals surface area contributed by atoms with Gasteiger partial charge in [0.2, 0.25) is 0 Å². The summed E-state index contributed by atoms with van der Waals surface area (Å²) in [6.45, 7) is 1.09. The van der Waals surface area contributed by atoms with Gasteiger partial charge in [-0.25, -0.2) is 9.69 Å². The maximum atomic E-state index is 12.8. The zero-order valence-corrected chi connectivity index (χ0v) is 16.8. The van der Waals surface area contributed by atoms with Gasteiger partial charge in [0.15, 0.2) is 12.4 Å². The van der Waals surface area contributed by atoms with Crippen LogP contribution in [0.3, 0.4) is 0 Å². The molecule has 0 bridgehead atoms. The van der Waals surface area contributed by atoms with E-state index >= 15 is 0 Å². The number of esters is 1. The lowest BCUT2D eigenvalue weighted by molar-refractivity contribution is -0.119. The summed E-state index contributed by atoms with van der Waals surface area (Å²) in [5, 5.41) is 6.26. The Morgan fingerprint density at radius 2 is 1.84 bits per heavy atom. The second-order valence-electron chi connectivity index (χ2n) is 6.60.